The van der Waals surface area contributed by atoms with Crippen molar-refractivity contribution >= 4 is 10.0 Å². The fourth-order valence-corrected chi connectivity index (χ4v) is 4.35. The number of morpholine rings is 1. The Hall–Kier alpha value is -0.960. The Morgan fingerprint density at radius 2 is 2.24 bits per heavy atom. The van der Waals surface area contributed by atoms with Gasteiger partial charge in [-0.05, 0) is 12.5 Å². The number of nitrogens with zero attached hydrogens (tertiary/aromatic N) is 4. The Morgan fingerprint density at radius 1 is 1.43 bits per heavy atom. The molecule has 0 saturated carbocycles. The van der Waals surface area contributed by atoms with Crippen LogP contribution in [0.3, 0.4) is 0 Å². The third kappa shape index (κ3) is 3.13. The standard InChI is InChI=1S/C13H22N4O3S/c1-15-11(3-5-14-15)9-16-6-4-13-12(10-16)17(7-8-20-13)21(2,18)19/h3,5,12-13H,4,6-10H2,1-2H3/t12-,13-/m1/s1. The van der Waals surface area contributed by atoms with Crippen molar-refractivity contribution in [2.24, 2.45) is 7.05 Å². The second kappa shape index (κ2) is 5.68. The highest BCUT2D eigenvalue weighted by Gasteiger charge is 2.40. The predicted octanol–water partition coefficient (Wildman–Crippen LogP) is -0.345. The van der Waals surface area contributed by atoms with Crippen LogP contribution < -0.4 is 0 Å². The van der Waals surface area contributed by atoms with E-state index in [2.05, 4.69) is 10.00 Å². The Kier molecular flexibility index (Phi) is 4.04. The van der Waals surface area contributed by atoms with Crippen LogP contribution in [-0.4, -0.2) is 72.0 Å². The molecule has 0 aliphatic carbocycles. The zero-order valence-corrected chi connectivity index (χ0v) is 13.3. The van der Waals surface area contributed by atoms with Gasteiger partial charge in [0.1, 0.15) is 0 Å². The number of hydrogen-bond acceptors (Lipinski definition) is 5. The first-order valence-corrected chi connectivity index (χ1v) is 9.07. The molecule has 0 amide bonds. The van der Waals surface area contributed by atoms with Gasteiger partial charge in [-0.3, -0.25) is 9.58 Å². The minimum absolute atomic E-state index is 0.0243. The molecule has 2 aliphatic heterocycles. The zero-order valence-electron chi connectivity index (χ0n) is 12.5. The van der Waals surface area contributed by atoms with E-state index in [1.54, 1.807) is 10.5 Å². The number of ether oxygens (including phenoxy) is 1. The average molecular weight is 314 g/mol. The minimum Gasteiger partial charge on any atom is -0.375 e. The molecule has 0 N–H and O–H groups in total. The molecule has 3 rings (SSSR count). The van der Waals surface area contributed by atoms with Crippen LogP contribution in [0.1, 0.15) is 12.1 Å². The summed E-state index contributed by atoms with van der Waals surface area (Å²) in [6.07, 6.45) is 3.97. The number of piperidine rings is 1. The molecule has 21 heavy (non-hydrogen) atoms. The van der Waals surface area contributed by atoms with E-state index in [1.807, 2.05) is 17.8 Å². The SMILES string of the molecule is Cn1nccc1CN1CC[C@H]2OCCN(S(C)(=O)=O)[C@@H]2C1. The molecule has 0 unspecified atom stereocenters. The normalized spacial score (nSPS) is 28.5. The highest BCUT2D eigenvalue weighted by Crippen LogP contribution is 2.25. The Morgan fingerprint density at radius 3 is 2.90 bits per heavy atom. The maximum atomic E-state index is 12.0. The molecule has 8 heteroatoms. The van der Waals surface area contributed by atoms with E-state index in [0.29, 0.717) is 19.7 Å². The summed E-state index contributed by atoms with van der Waals surface area (Å²) in [5.41, 5.74) is 1.14. The first-order valence-electron chi connectivity index (χ1n) is 7.23. The molecule has 1 aromatic rings. The van der Waals surface area contributed by atoms with Gasteiger partial charge in [-0.1, -0.05) is 0 Å². The molecule has 118 valence electrons. The zero-order chi connectivity index (χ0) is 15.0. The summed E-state index contributed by atoms with van der Waals surface area (Å²) in [5.74, 6) is 0. The number of fused-ring (bicyclic) bond motifs is 1. The lowest BCUT2D eigenvalue weighted by molar-refractivity contribution is -0.0770. The first-order chi connectivity index (χ1) is 9.95. The maximum absolute atomic E-state index is 12.0. The van der Waals surface area contributed by atoms with Crippen LogP contribution in [0.5, 0.6) is 0 Å². The summed E-state index contributed by atoms with van der Waals surface area (Å²) >= 11 is 0. The van der Waals surface area contributed by atoms with Gasteiger partial charge in [0.25, 0.3) is 0 Å². The Balaban J connectivity index is 1.73. The van der Waals surface area contributed by atoms with E-state index in [0.717, 1.165) is 25.2 Å². The molecule has 2 aliphatic rings. The topological polar surface area (TPSA) is 67.7 Å². The summed E-state index contributed by atoms with van der Waals surface area (Å²) in [4.78, 5) is 2.28. The summed E-state index contributed by atoms with van der Waals surface area (Å²) < 4.78 is 33.1. The third-order valence-corrected chi connectivity index (χ3v) is 5.66. The first kappa shape index (κ1) is 15.0. The summed E-state index contributed by atoms with van der Waals surface area (Å²) in [6, 6.07) is 1.92. The number of hydrogen-bond donors (Lipinski definition) is 0. The number of aromatic nitrogens is 2. The Bertz CT molecular complexity index is 600. The molecular formula is C13H22N4O3S. The van der Waals surface area contributed by atoms with Gasteiger partial charge in [0.15, 0.2) is 0 Å². The van der Waals surface area contributed by atoms with E-state index in [-0.39, 0.29) is 12.1 Å². The fourth-order valence-electron chi connectivity index (χ4n) is 3.25. The van der Waals surface area contributed by atoms with Crippen LogP contribution in [0.2, 0.25) is 0 Å². The number of likely N-dealkylation sites (tertiary alicyclic amines) is 1. The monoisotopic (exact) mass is 314 g/mol. The highest BCUT2D eigenvalue weighted by molar-refractivity contribution is 7.88. The average Bonchev–Trinajstić information content (AvgIpc) is 2.82. The van der Waals surface area contributed by atoms with E-state index in [9.17, 15) is 8.42 Å². The van der Waals surface area contributed by atoms with Crippen LogP contribution >= 0.6 is 0 Å². The predicted molar refractivity (Wildman–Crippen MR) is 78.2 cm³/mol. The molecule has 0 radical (unpaired) electrons. The van der Waals surface area contributed by atoms with Crippen LogP contribution in [0.4, 0.5) is 0 Å². The van der Waals surface area contributed by atoms with Gasteiger partial charge in [0, 0.05) is 39.4 Å². The highest BCUT2D eigenvalue weighted by atomic mass is 32.2. The van der Waals surface area contributed by atoms with Gasteiger partial charge >= 0.3 is 0 Å². The van der Waals surface area contributed by atoms with Gasteiger partial charge in [-0.2, -0.15) is 9.40 Å². The number of aryl methyl sites for hydroxylation is 1. The molecule has 1 aromatic heterocycles. The van der Waals surface area contributed by atoms with Crippen molar-refractivity contribution in [1.29, 1.82) is 0 Å². The van der Waals surface area contributed by atoms with E-state index in [4.69, 9.17) is 4.74 Å². The largest absolute Gasteiger partial charge is 0.375 e. The van der Waals surface area contributed by atoms with Crippen molar-refractivity contribution in [2.45, 2.75) is 25.1 Å². The van der Waals surface area contributed by atoms with E-state index >= 15 is 0 Å². The lowest BCUT2D eigenvalue weighted by Crippen LogP contribution is -2.60. The fraction of sp³-hybridized carbons (Fsp3) is 0.769. The van der Waals surface area contributed by atoms with Crippen LogP contribution in [0.15, 0.2) is 12.3 Å². The van der Waals surface area contributed by atoms with Crippen molar-refractivity contribution in [3.8, 4) is 0 Å². The van der Waals surface area contributed by atoms with Crippen LogP contribution in [0.25, 0.3) is 0 Å². The minimum atomic E-state index is -3.18. The second-order valence-corrected chi connectivity index (χ2v) is 7.76. The molecule has 0 spiro atoms. The van der Waals surface area contributed by atoms with Gasteiger partial charge in [-0.15, -0.1) is 0 Å². The van der Waals surface area contributed by atoms with Crippen molar-refractivity contribution in [2.75, 3.05) is 32.5 Å². The molecule has 2 fully saturated rings. The summed E-state index contributed by atoms with van der Waals surface area (Å²) in [5, 5.41) is 4.18. The lowest BCUT2D eigenvalue weighted by atomic mass is 10.0. The van der Waals surface area contributed by atoms with E-state index < -0.39 is 10.0 Å². The van der Waals surface area contributed by atoms with Gasteiger partial charge in [-0.25, -0.2) is 8.42 Å². The smallest absolute Gasteiger partial charge is 0.211 e. The van der Waals surface area contributed by atoms with Crippen LogP contribution in [-0.2, 0) is 28.4 Å². The molecule has 0 bridgehead atoms. The maximum Gasteiger partial charge on any atom is 0.211 e. The molecule has 7 nitrogen and oxygen atoms in total. The van der Waals surface area contributed by atoms with Crippen molar-refractivity contribution < 1.29 is 13.2 Å². The molecule has 0 aromatic carbocycles. The number of rotatable bonds is 3. The molecule has 3 heterocycles. The quantitative estimate of drug-likeness (QED) is 0.763. The summed E-state index contributed by atoms with van der Waals surface area (Å²) in [7, 11) is -1.26. The van der Waals surface area contributed by atoms with Crippen molar-refractivity contribution in [3.63, 3.8) is 0 Å². The lowest BCUT2D eigenvalue weighted by Gasteiger charge is -2.45. The number of sulfonamides is 1. The second-order valence-electron chi connectivity index (χ2n) is 5.82. The third-order valence-electron chi connectivity index (χ3n) is 4.35. The molecule has 2 saturated heterocycles. The van der Waals surface area contributed by atoms with Crippen LogP contribution in [0, 0.1) is 0 Å². The molecule has 2 atom stereocenters. The summed E-state index contributed by atoms with van der Waals surface area (Å²) in [6.45, 7) is 3.37. The Labute approximate surface area is 125 Å². The van der Waals surface area contributed by atoms with Gasteiger partial charge in [0.2, 0.25) is 10.0 Å². The van der Waals surface area contributed by atoms with Crippen molar-refractivity contribution in [3.05, 3.63) is 18.0 Å². The van der Waals surface area contributed by atoms with Gasteiger partial charge in [0.05, 0.1) is 30.7 Å². The van der Waals surface area contributed by atoms with Crippen molar-refractivity contribution in [1.82, 2.24) is 19.0 Å². The molecular weight excluding hydrogens is 292 g/mol. The van der Waals surface area contributed by atoms with Gasteiger partial charge < -0.3 is 4.74 Å². The van der Waals surface area contributed by atoms with E-state index in [1.165, 1.54) is 6.26 Å².